The Balaban J connectivity index is 1.60. The van der Waals surface area contributed by atoms with E-state index in [4.69, 9.17) is 25.8 Å². The van der Waals surface area contributed by atoms with E-state index in [9.17, 15) is 0 Å². The Morgan fingerprint density at radius 3 is 2.46 bits per heavy atom. The minimum absolute atomic E-state index is 0.369. The van der Waals surface area contributed by atoms with Crippen LogP contribution in [0.5, 0.6) is 17.2 Å². The molecule has 0 aliphatic heterocycles. The van der Waals surface area contributed by atoms with Gasteiger partial charge in [0.2, 0.25) is 0 Å². The molecule has 4 nitrogen and oxygen atoms in total. The molecule has 0 heterocycles. The highest BCUT2D eigenvalue weighted by Gasteiger charge is 2.12. The minimum atomic E-state index is 0.369. The van der Waals surface area contributed by atoms with Crippen LogP contribution in [-0.4, -0.2) is 27.4 Å². The standard InChI is InChI=1S/C21H22ClNO3/c1-23-14-15-11-19(22)21(20(12-15)24-2)26-10-9-25-18-8-7-16-5-3-4-6-17(16)13-18/h3-8,11-13,23H,9-10,14H2,1-2H3. The zero-order chi connectivity index (χ0) is 18.4. The van der Waals surface area contributed by atoms with E-state index in [0.29, 0.717) is 36.3 Å². The number of nitrogens with one attached hydrogen (secondary N) is 1. The summed E-state index contributed by atoms with van der Waals surface area (Å²) in [5, 5.41) is 5.96. The molecule has 0 radical (unpaired) electrons. The van der Waals surface area contributed by atoms with Crippen LogP contribution < -0.4 is 19.5 Å². The monoisotopic (exact) mass is 371 g/mol. The number of halogens is 1. The molecule has 0 bridgehead atoms. The molecule has 1 N–H and O–H groups in total. The van der Waals surface area contributed by atoms with E-state index in [0.717, 1.165) is 16.7 Å². The van der Waals surface area contributed by atoms with E-state index >= 15 is 0 Å². The fourth-order valence-electron chi connectivity index (χ4n) is 2.78. The lowest BCUT2D eigenvalue weighted by Crippen LogP contribution is -2.10. The fraction of sp³-hybridized carbons (Fsp3) is 0.238. The SMILES string of the molecule is CNCc1cc(Cl)c(OCCOc2ccc3ccccc3c2)c(OC)c1. The van der Waals surface area contributed by atoms with Gasteiger partial charge in [-0.2, -0.15) is 0 Å². The van der Waals surface area contributed by atoms with Gasteiger partial charge in [0.15, 0.2) is 11.5 Å². The molecule has 0 unspecified atom stereocenters. The van der Waals surface area contributed by atoms with Gasteiger partial charge in [-0.15, -0.1) is 0 Å². The summed E-state index contributed by atoms with van der Waals surface area (Å²) in [5.74, 6) is 1.97. The zero-order valence-electron chi connectivity index (χ0n) is 14.9. The van der Waals surface area contributed by atoms with Crippen LogP contribution >= 0.6 is 11.6 Å². The van der Waals surface area contributed by atoms with Crippen molar-refractivity contribution >= 4 is 22.4 Å². The summed E-state index contributed by atoms with van der Waals surface area (Å²) >= 11 is 6.34. The van der Waals surface area contributed by atoms with Crippen molar-refractivity contribution in [1.82, 2.24) is 5.32 Å². The second-order valence-corrected chi connectivity index (χ2v) is 6.25. The Labute approximate surface area is 158 Å². The number of rotatable bonds is 8. The topological polar surface area (TPSA) is 39.7 Å². The smallest absolute Gasteiger partial charge is 0.179 e. The molecule has 0 saturated heterocycles. The predicted octanol–water partition coefficient (Wildman–Crippen LogP) is 4.68. The second kappa shape index (κ2) is 8.79. The number of methoxy groups -OCH3 is 1. The van der Waals surface area contributed by atoms with E-state index in [1.54, 1.807) is 7.11 Å². The summed E-state index contributed by atoms with van der Waals surface area (Å²) in [6.07, 6.45) is 0. The predicted molar refractivity (Wildman–Crippen MR) is 106 cm³/mol. The van der Waals surface area contributed by atoms with Crippen molar-refractivity contribution in [1.29, 1.82) is 0 Å². The van der Waals surface area contributed by atoms with Crippen LogP contribution in [0.3, 0.4) is 0 Å². The van der Waals surface area contributed by atoms with Crippen LogP contribution in [0.25, 0.3) is 10.8 Å². The third kappa shape index (κ3) is 4.40. The number of hydrogen-bond acceptors (Lipinski definition) is 4. The maximum Gasteiger partial charge on any atom is 0.179 e. The number of ether oxygens (including phenoxy) is 3. The molecule has 0 aliphatic rings. The molecule has 136 valence electrons. The van der Waals surface area contributed by atoms with Gasteiger partial charge in [-0.1, -0.05) is 41.9 Å². The number of benzene rings is 3. The molecule has 26 heavy (non-hydrogen) atoms. The van der Waals surface area contributed by atoms with E-state index in [-0.39, 0.29) is 0 Å². The quantitative estimate of drug-likeness (QED) is 0.584. The number of hydrogen-bond donors (Lipinski definition) is 1. The van der Waals surface area contributed by atoms with Gasteiger partial charge >= 0.3 is 0 Å². The van der Waals surface area contributed by atoms with Crippen molar-refractivity contribution in [2.24, 2.45) is 0 Å². The molecule has 3 rings (SSSR count). The first-order valence-corrected chi connectivity index (χ1v) is 8.84. The van der Waals surface area contributed by atoms with Crippen LogP contribution in [0, 0.1) is 0 Å². The van der Waals surface area contributed by atoms with Gasteiger partial charge in [0.25, 0.3) is 0 Å². The third-order valence-corrected chi connectivity index (χ3v) is 4.27. The van der Waals surface area contributed by atoms with Crippen LogP contribution in [0.2, 0.25) is 5.02 Å². The summed E-state index contributed by atoms with van der Waals surface area (Å²) in [6.45, 7) is 1.49. The Morgan fingerprint density at radius 1 is 0.923 bits per heavy atom. The molecule has 0 aromatic heterocycles. The molecule has 3 aromatic carbocycles. The van der Waals surface area contributed by atoms with Crippen molar-refractivity contribution in [2.45, 2.75) is 6.54 Å². The maximum atomic E-state index is 6.34. The van der Waals surface area contributed by atoms with E-state index in [2.05, 4.69) is 17.4 Å². The van der Waals surface area contributed by atoms with Crippen molar-refractivity contribution in [3.63, 3.8) is 0 Å². The molecule has 0 aliphatic carbocycles. The van der Waals surface area contributed by atoms with Gasteiger partial charge < -0.3 is 19.5 Å². The van der Waals surface area contributed by atoms with E-state index in [1.807, 2.05) is 49.5 Å². The normalized spacial score (nSPS) is 10.7. The van der Waals surface area contributed by atoms with Crippen molar-refractivity contribution in [3.05, 3.63) is 65.2 Å². The summed E-state index contributed by atoms with van der Waals surface area (Å²) in [5.41, 5.74) is 1.04. The summed E-state index contributed by atoms with van der Waals surface area (Å²) < 4.78 is 17.0. The van der Waals surface area contributed by atoms with Crippen LogP contribution in [-0.2, 0) is 6.54 Å². The fourth-order valence-corrected chi connectivity index (χ4v) is 3.07. The van der Waals surface area contributed by atoms with Gasteiger partial charge in [-0.3, -0.25) is 0 Å². The lowest BCUT2D eigenvalue weighted by Gasteiger charge is -2.14. The summed E-state index contributed by atoms with van der Waals surface area (Å²) in [4.78, 5) is 0. The van der Waals surface area contributed by atoms with Gasteiger partial charge in [0, 0.05) is 6.54 Å². The molecular weight excluding hydrogens is 350 g/mol. The third-order valence-electron chi connectivity index (χ3n) is 3.99. The van der Waals surface area contributed by atoms with Crippen molar-refractivity contribution in [2.75, 3.05) is 27.4 Å². The highest BCUT2D eigenvalue weighted by Crippen LogP contribution is 2.36. The first-order valence-electron chi connectivity index (χ1n) is 8.46. The Bertz CT molecular complexity index is 882. The largest absolute Gasteiger partial charge is 0.493 e. The van der Waals surface area contributed by atoms with Gasteiger partial charge in [-0.25, -0.2) is 0 Å². The Morgan fingerprint density at radius 2 is 1.69 bits per heavy atom. The summed E-state index contributed by atoms with van der Waals surface area (Å²) in [7, 11) is 3.49. The molecule has 0 fully saturated rings. The maximum absolute atomic E-state index is 6.34. The molecule has 3 aromatic rings. The Hall–Kier alpha value is -2.43. The minimum Gasteiger partial charge on any atom is -0.493 e. The average molecular weight is 372 g/mol. The lowest BCUT2D eigenvalue weighted by atomic mass is 10.1. The molecule has 0 atom stereocenters. The van der Waals surface area contributed by atoms with Crippen LogP contribution in [0.15, 0.2) is 54.6 Å². The summed E-state index contributed by atoms with van der Waals surface area (Å²) in [6, 6.07) is 18.0. The molecular formula is C21H22ClNO3. The van der Waals surface area contributed by atoms with Crippen LogP contribution in [0.4, 0.5) is 0 Å². The first-order chi connectivity index (χ1) is 12.7. The number of fused-ring (bicyclic) bond motifs is 1. The first kappa shape index (κ1) is 18.4. The highest BCUT2D eigenvalue weighted by atomic mass is 35.5. The van der Waals surface area contributed by atoms with Gasteiger partial charge in [0.05, 0.1) is 12.1 Å². The molecule has 0 spiro atoms. The van der Waals surface area contributed by atoms with E-state index in [1.165, 1.54) is 5.39 Å². The van der Waals surface area contributed by atoms with Gasteiger partial charge in [-0.05, 0) is 47.6 Å². The van der Waals surface area contributed by atoms with Gasteiger partial charge in [0.1, 0.15) is 19.0 Å². The lowest BCUT2D eigenvalue weighted by molar-refractivity contribution is 0.211. The Kier molecular flexibility index (Phi) is 6.21. The van der Waals surface area contributed by atoms with Crippen LogP contribution in [0.1, 0.15) is 5.56 Å². The van der Waals surface area contributed by atoms with Crippen molar-refractivity contribution in [3.8, 4) is 17.2 Å². The molecule has 0 amide bonds. The van der Waals surface area contributed by atoms with E-state index < -0.39 is 0 Å². The second-order valence-electron chi connectivity index (χ2n) is 5.85. The highest BCUT2D eigenvalue weighted by molar-refractivity contribution is 6.32. The van der Waals surface area contributed by atoms with Crippen molar-refractivity contribution < 1.29 is 14.2 Å². The molecule has 0 saturated carbocycles. The average Bonchev–Trinajstić information content (AvgIpc) is 2.66. The molecule has 5 heteroatoms. The zero-order valence-corrected chi connectivity index (χ0v) is 15.7.